The minimum Gasteiger partial charge on any atom is -0.460 e. The second-order valence-corrected chi connectivity index (χ2v) is 6.07. The number of unbranched alkanes of at least 4 members (excludes halogenated alkanes) is 1. The first kappa shape index (κ1) is 16.3. The van der Waals surface area contributed by atoms with Gasteiger partial charge in [-0.1, -0.05) is 33.1 Å². The van der Waals surface area contributed by atoms with Gasteiger partial charge in [-0.25, -0.2) is 0 Å². The van der Waals surface area contributed by atoms with Gasteiger partial charge in [0.25, 0.3) is 6.02 Å². The van der Waals surface area contributed by atoms with E-state index in [2.05, 4.69) is 26.1 Å². The Kier molecular flexibility index (Phi) is 7.24. The predicted molar refractivity (Wildman–Crippen MR) is 74.5 cm³/mol. The molecule has 0 heterocycles. The van der Waals surface area contributed by atoms with Crippen LogP contribution in [0.25, 0.3) is 0 Å². The van der Waals surface area contributed by atoms with Crippen LogP contribution in [0, 0.1) is 11.3 Å². The van der Waals surface area contributed by atoms with Crippen molar-refractivity contribution in [2.24, 2.45) is 5.92 Å². The number of amidine groups is 1. The Hall–Kier alpha value is -0.730. The highest BCUT2D eigenvalue weighted by Gasteiger charge is 2.16. The summed E-state index contributed by atoms with van der Waals surface area (Å²) in [5, 5.41) is 10.8. The van der Waals surface area contributed by atoms with Crippen LogP contribution in [0.1, 0.15) is 67.2 Å². The van der Waals surface area contributed by atoms with Gasteiger partial charge >= 0.3 is 0 Å². The van der Waals surface area contributed by atoms with Crippen LogP contribution < -0.4 is 5.32 Å². The maximum Gasteiger partial charge on any atom is 0.282 e. The quantitative estimate of drug-likeness (QED) is 0.547. The van der Waals surface area contributed by atoms with E-state index in [1.807, 2.05) is 20.8 Å². The molecule has 0 radical (unpaired) electrons. The first-order valence-corrected chi connectivity index (χ1v) is 6.78. The van der Waals surface area contributed by atoms with Gasteiger partial charge in [0, 0.05) is 6.04 Å². The molecule has 0 amide bonds. The Balaban J connectivity index is 3.85. The summed E-state index contributed by atoms with van der Waals surface area (Å²) in [6, 6.07) is 0.490. The second kappa shape index (κ2) is 7.57. The molecule has 0 aromatic rings. The van der Waals surface area contributed by atoms with Gasteiger partial charge in [0.05, 0.1) is 0 Å². The molecule has 0 fully saturated rings. The largest absolute Gasteiger partial charge is 0.460 e. The molecule has 0 aliphatic heterocycles. The number of hydrogen-bond donors (Lipinski definition) is 2. The topological polar surface area (TPSA) is 45.1 Å². The van der Waals surface area contributed by atoms with Crippen molar-refractivity contribution in [1.29, 1.82) is 5.41 Å². The van der Waals surface area contributed by atoms with Gasteiger partial charge in [0.15, 0.2) is 0 Å². The molecule has 0 saturated heterocycles. The number of nitrogens with one attached hydrogen (secondary N) is 2. The third-order valence-corrected chi connectivity index (χ3v) is 2.59. The molecule has 2 atom stereocenters. The van der Waals surface area contributed by atoms with Crippen molar-refractivity contribution >= 4 is 6.02 Å². The van der Waals surface area contributed by atoms with Crippen molar-refractivity contribution in [2.75, 3.05) is 0 Å². The number of rotatable bonds is 6. The van der Waals surface area contributed by atoms with E-state index in [1.54, 1.807) is 0 Å². The average Bonchev–Trinajstić information content (AvgIpc) is 2.10. The normalized spacial score (nSPS) is 15.2. The monoisotopic (exact) mass is 242 g/mol. The zero-order valence-corrected chi connectivity index (χ0v) is 12.4. The van der Waals surface area contributed by atoms with Crippen molar-refractivity contribution in [3.05, 3.63) is 0 Å². The summed E-state index contributed by atoms with van der Waals surface area (Å²) in [5.41, 5.74) is -0.294. The molecular weight excluding hydrogens is 212 g/mol. The summed E-state index contributed by atoms with van der Waals surface area (Å²) in [7, 11) is 0. The lowest BCUT2D eigenvalue weighted by molar-refractivity contribution is 0.105. The van der Waals surface area contributed by atoms with Crippen molar-refractivity contribution < 1.29 is 4.74 Å². The Bertz CT molecular complexity index is 221. The second-order valence-electron chi connectivity index (χ2n) is 6.07. The van der Waals surface area contributed by atoms with E-state index in [4.69, 9.17) is 10.1 Å². The van der Waals surface area contributed by atoms with Crippen LogP contribution in [-0.4, -0.2) is 17.7 Å². The molecule has 17 heavy (non-hydrogen) atoms. The zero-order valence-electron chi connectivity index (χ0n) is 12.4. The molecule has 0 saturated carbocycles. The third-order valence-electron chi connectivity index (χ3n) is 2.59. The van der Waals surface area contributed by atoms with E-state index in [1.165, 1.54) is 19.3 Å². The molecular formula is C14H30N2O. The maximum absolute atomic E-state index is 7.72. The standard InChI is InChI=1S/C14H30N2O/c1-7-8-9-11(2)10-12(3)16-13(15)17-14(4,5)6/h11-12H,7-10H2,1-6H3,(H2,15,16)/t11?,12-/m1/s1. The number of hydrogen-bond acceptors (Lipinski definition) is 2. The van der Waals surface area contributed by atoms with Crippen LogP contribution in [0.3, 0.4) is 0 Å². The van der Waals surface area contributed by atoms with Crippen LogP contribution in [-0.2, 0) is 4.74 Å². The molecule has 3 nitrogen and oxygen atoms in total. The lowest BCUT2D eigenvalue weighted by Gasteiger charge is -2.25. The van der Waals surface area contributed by atoms with Gasteiger partial charge in [-0.05, 0) is 40.0 Å². The molecule has 0 spiro atoms. The first-order valence-electron chi connectivity index (χ1n) is 6.78. The van der Waals surface area contributed by atoms with E-state index in [9.17, 15) is 0 Å². The molecule has 0 aliphatic carbocycles. The summed E-state index contributed by atoms with van der Waals surface area (Å²) < 4.78 is 5.44. The first-order chi connectivity index (χ1) is 7.74. The fourth-order valence-electron chi connectivity index (χ4n) is 1.89. The van der Waals surface area contributed by atoms with Gasteiger partial charge in [0.1, 0.15) is 5.60 Å². The predicted octanol–water partition coefficient (Wildman–Crippen LogP) is 3.93. The van der Waals surface area contributed by atoms with Crippen LogP contribution in [0.4, 0.5) is 0 Å². The van der Waals surface area contributed by atoms with Gasteiger partial charge in [0.2, 0.25) is 0 Å². The number of ether oxygens (including phenoxy) is 1. The Morgan fingerprint density at radius 2 is 1.88 bits per heavy atom. The van der Waals surface area contributed by atoms with E-state index in [0.717, 1.165) is 6.42 Å². The lowest BCUT2D eigenvalue weighted by Crippen LogP contribution is -2.38. The van der Waals surface area contributed by atoms with E-state index < -0.39 is 0 Å². The van der Waals surface area contributed by atoms with Crippen LogP contribution in [0.15, 0.2) is 0 Å². The minimum atomic E-state index is -0.294. The summed E-state index contributed by atoms with van der Waals surface area (Å²) in [6.07, 6.45) is 4.92. The lowest BCUT2D eigenvalue weighted by atomic mass is 9.97. The Labute approximate surface area is 107 Å². The minimum absolute atomic E-state index is 0.188. The van der Waals surface area contributed by atoms with Gasteiger partial charge in [-0.2, -0.15) is 0 Å². The highest BCUT2D eigenvalue weighted by Crippen LogP contribution is 2.14. The van der Waals surface area contributed by atoms with Crippen molar-refractivity contribution in [3.63, 3.8) is 0 Å². The molecule has 3 heteroatoms. The van der Waals surface area contributed by atoms with Crippen molar-refractivity contribution in [1.82, 2.24) is 5.32 Å². The van der Waals surface area contributed by atoms with Gasteiger partial charge < -0.3 is 10.1 Å². The molecule has 0 aromatic heterocycles. The molecule has 0 rings (SSSR count). The van der Waals surface area contributed by atoms with Gasteiger partial charge in [-0.3, -0.25) is 5.41 Å². The summed E-state index contributed by atoms with van der Waals surface area (Å²) in [6.45, 7) is 12.5. The zero-order chi connectivity index (χ0) is 13.5. The fraction of sp³-hybridized carbons (Fsp3) is 0.929. The molecule has 0 aromatic carbocycles. The molecule has 0 aliphatic rings. The fourth-order valence-corrected chi connectivity index (χ4v) is 1.89. The Morgan fingerprint density at radius 3 is 2.35 bits per heavy atom. The molecule has 1 unspecified atom stereocenters. The average molecular weight is 242 g/mol. The highest BCUT2D eigenvalue weighted by molar-refractivity contribution is 5.70. The van der Waals surface area contributed by atoms with Crippen LogP contribution in [0.2, 0.25) is 0 Å². The summed E-state index contributed by atoms with van der Waals surface area (Å²) >= 11 is 0. The molecule has 102 valence electrons. The van der Waals surface area contributed by atoms with Crippen LogP contribution in [0.5, 0.6) is 0 Å². The summed E-state index contributed by atoms with van der Waals surface area (Å²) in [5.74, 6) is 0.708. The maximum atomic E-state index is 7.72. The smallest absolute Gasteiger partial charge is 0.282 e. The SMILES string of the molecule is CCCCC(C)C[C@@H](C)NC(=N)OC(C)(C)C. The molecule has 2 N–H and O–H groups in total. The highest BCUT2D eigenvalue weighted by atomic mass is 16.5. The van der Waals surface area contributed by atoms with E-state index in [0.29, 0.717) is 12.0 Å². The van der Waals surface area contributed by atoms with Gasteiger partial charge in [-0.15, -0.1) is 0 Å². The van der Waals surface area contributed by atoms with E-state index >= 15 is 0 Å². The summed E-state index contributed by atoms with van der Waals surface area (Å²) in [4.78, 5) is 0. The molecule has 0 bridgehead atoms. The van der Waals surface area contributed by atoms with Crippen LogP contribution >= 0.6 is 0 Å². The van der Waals surface area contributed by atoms with Crippen molar-refractivity contribution in [2.45, 2.75) is 78.9 Å². The Morgan fingerprint density at radius 1 is 1.29 bits per heavy atom. The third kappa shape index (κ3) is 10.2. The van der Waals surface area contributed by atoms with Crippen molar-refractivity contribution in [3.8, 4) is 0 Å². The van der Waals surface area contributed by atoms with E-state index in [-0.39, 0.29) is 11.6 Å².